The molecule has 0 radical (unpaired) electrons. The summed E-state index contributed by atoms with van der Waals surface area (Å²) in [5.41, 5.74) is 0. The zero-order valence-corrected chi connectivity index (χ0v) is 9.73. The van der Waals surface area contributed by atoms with Crippen molar-refractivity contribution in [2.24, 2.45) is 41.4 Å². The van der Waals surface area contributed by atoms with E-state index in [1.165, 1.54) is 17.8 Å². The Bertz CT molecular complexity index is 303. The second-order valence-electron chi connectivity index (χ2n) is 6.57. The Morgan fingerprint density at radius 2 is 1.67 bits per heavy atom. The van der Waals surface area contributed by atoms with Gasteiger partial charge in [-0.2, -0.15) is 0 Å². The molecule has 0 heteroatoms. The van der Waals surface area contributed by atoms with E-state index in [2.05, 4.69) is 19.1 Å². The fourth-order valence-electron chi connectivity index (χ4n) is 6.08. The molecule has 0 nitrogen and oxygen atoms in total. The van der Waals surface area contributed by atoms with E-state index in [1.54, 1.807) is 32.1 Å². The van der Waals surface area contributed by atoms with Crippen LogP contribution in [-0.4, -0.2) is 0 Å². The maximum Gasteiger partial charge on any atom is -0.0200 e. The lowest BCUT2D eigenvalue weighted by atomic mass is 9.67. The molecule has 7 atom stereocenters. The van der Waals surface area contributed by atoms with Gasteiger partial charge >= 0.3 is 0 Å². The molecule has 0 aromatic rings. The Balaban J connectivity index is 1.66. The topological polar surface area (TPSA) is 0 Å². The Hall–Kier alpha value is -0.260. The maximum atomic E-state index is 2.52. The van der Waals surface area contributed by atoms with Crippen molar-refractivity contribution in [3.63, 3.8) is 0 Å². The second kappa shape index (κ2) is 2.90. The van der Waals surface area contributed by atoms with Crippen LogP contribution in [0.2, 0.25) is 0 Å². The lowest BCUT2D eigenvalue weighted by Crippen LogP contribution is -2.31. The molecule has 4 aliphatic carbocycles. The number of rotatable bonds is 1. The van der Waals surface area contributed by atoms with E-state index < -0.39 is 0 Å². The Morgan fingerprint density at radius 1 is 0.867 bits per heavy atom. The SMILES string of the molecule is CC=CC1CC2CC1C1C3CCC(C3)C21. The minimum absolute atomic E-state index is 0.973. The molecule has 0 amide bonds. The number of allylic oxidation sites excluding steroid dienone is 2. The van der Waals surface area contributed by atoms with E-state index in [4.69, 9.17) is 0 Å². The highest BCUT2D eigenvalue weighted by molar-refractivity contribution is 5.13. The highest BCUT2D eigenvalue weighted by Gasteiger charge is 2.61. The van der Waals surface area contributed by atoms with Gasteiger partial charge in [0, 0.05) is 0 Å². The van der Waals surface area contributed by atoms with Crippen molar-refractivity contribution in [1.29, 1.82) is 0 Å². The number of hydrogen-bond acceptors (Lipinski definition) is 0. The zero-order valence-electron chi connectivity index (χ0n) is 9.73. The van der Waals surface area contributed by atoms with Crippen molar-refractivity contribution in [3.05, 3.63) is 12.2 Å². The van der Waals surface area contributed by atoms with Gasteiger partial charge in [0.1, 0.15) is 0 Å². The van der Waals surface area contributed by atoms with Gasteiger partial charge in [-0.3, -0.25) is 0 Å². The van der Waals surface area contributed by atoms with Gasteiger partial charge < -0.3 is 0 Å². The van der Waals surface area contributed by atoms with Crippen molar-refractivity contribution < 1.29 is 0 Å². The molecule has 7 unspecified atom stereocenters. The predicted octanol–water partition coefficient (Wildman–Crippen LogP) is 3.88. The van der Waals surface area contributed by atoms with Gasteiger partial charge in [0.15, 0.2) is 0 Å². The second-order valence-corrected chi connectivity index (χ2v) is 6.57. The molecule has 0 aliphatic heterocycles. The van der Waals surface area contributed by atoms with E-state index in [-0.39, 0.29) is 0 Å². The molecule has 4 rings (SSSR count). The zero-order chi connectivity index (χ0) is 9.99. The van der Waals surface area contributed by atoms with Gasteiger partial charge in [0.05, 0.1) is 0 Å². The summed E-state index contributed by atoms with van der Waals surface area (Å²) in [6.07, 6.45) is 12.7. The fraction of sp³-hybridized carbons (Fsp3) is 0.867. The summed E-state index contributed by atoms with van der Waals surface area (Å²) in [7, 11) is 0. The van der Waals surface area contributed by atoms with Crippen molar-refractivity contribution >= 4 is 0 Å². The lowest BCUT2D eigenvalue weighted by molar-refractivity contribution is 0.122. The van der Waals surface area contributed by atoms with Crippen molar-refractivity contribution in [2.75, 3.05) is 0 Å². The Kier molecular flexibility index (Phi) is 1.71. The molecule has 0 heterocycles. The van der Waals surface area contributed by atoms with Crippen LogP contribution in [0.3, 0.4) is 0 Å². The first-order valence-corrected chi connectivity index (χ1v) is 7.01. The summed E-state index contributed by atoms with van der Waals surface area (Å²) in [4.78, 5) is 0. The summed E-state index contributed by atoms with van der Waals surface area (Å²) in [5, 5.41) is 0. The first-order valence-electron chi connectivity index (χ1n) is 7.01. The van der Waals surface area contributed by atoms with Crippen LogP contribution in [0.25, 0.3) is 0 Å². The van der Waals surface area contributed by atoms with Crippen LogP contribution in [-0.2, 0) is 0 Å². The Labute approximate surface area is 93.1 Å². The van der Waals surface area contributed by atoms with E-state index in [0.29, 0.717) is 0 Å². The summed E-state index contributed by atoms with van der Waals surface area (Å²) < 4.78 is 0. The van der Waals surface area contributed by atoms with Gasteiger partial charge in [-0.25, -0.2) is 0 Å². The average Bonchev–Trinajstić information content (AvgIpc) is 2.95. The smallest absolute Gasteiger partial charge is 0.0200 e. The lowest BCUT2D eigenvalue weighted by Gasteiger charge is -2.37. The fourth-order valence-corrected chi connectivity index (χ4v) is 6.08. The first kappa shape index (κ1) is 8.84. The highest BCUT2D eigenvalue weighted by atomic mass is 14.7. The third-order valence-corrected chi connectivity index (χ3v) is 6.22. The van der Waals surface area contributed by atoms with Gasteiger partial charge in [-0.15, -0.1) is 0 Å². The molecule has 0 aromatic heterocycles. The molecule has 82 valence electrons. The van der Waals surface area contributed by atoms with E-state index in [9.17, 15) is 0 Å². The molecule has 0 aromatic carbocycles. The molecule has 4 bridgehead atoms. The van der Waals surface area contributed by atoms with Gasteiger partial charge in [0.2, 0.25) is 0 Å². The molecule has 4 saturated carbocycles. The molecule has 4 aliphatic rings. The van der Waals surface area contributed by atoms with Crippen LogP contribution in [0.4, 0.5) is 0 Å². The Morgan fingerprint density at radius 3 is 2.47 bits per heavy atom. The van der Waals surface area contributed by atoms with Gasteiger partial charge in [0.25, 0.3) is 0 Å². The molecular formula is C15H22. The third kappa shape index (κ3) is 0.990. The van der Waals surface area contributed by atoms with Crippen LogP contribution >= 0.6 is 0 Å². The van der Waals surface area contributed by atoms with Crippen molar-refractivity contribution in [1.82, 2.24) is 0 Å². The van der Waals surface area contributed by atoms with Gasteiger partial charge in [-0.1, -0.05) is 12.2 Å². The normalized spacial score (nSPS) is 60.7. The third-order valence-electron chi connectivity index (χ3n) is 6.22. The molecular weight excluding hydrogens is 180 g/mol. The standard InChI is InChI=1S/C15H22/c1-2-3-9-6-12-8-13(9)15-11-5-4-10(7-11)14(12)15/h2-3,9-15H,4-8H2,1H3. The summed E-state index contributed by atoms with van der Waals surface area (Å²) in [5.74, 6) is 7.90. The molecule has 4 fully saturated rings. The van der Waals surface area contributed by atoms with Crippen LogP contribution in [0.1, 0.15) is 39.0 Å². The largest absolute Gasteiger partial charge is 0.0914 e. The monoisotopic (exact) mass is 202 g/mol. The molecule has 0 saturated heterocycles. The quantitative estimate of drug-likeness (QED) is 0.447. The van der Waals surface area contributed by atoms with Crippen LogP contribution < -0.4 is 0 Å². The number of hydrogen-bond donors (Lipinski definition) is 0. The minimum Gasteiger partial charge on any atom is -0.0914 e. The molecule has 15 heavy (non-hydrogen) atoms. The van der Waals surface area contributed by atoms with Crippen LogP contribution in [0.15, 0.2) is 12.2 Å². The summed E-state index contributed by atoms with van der Waals surface area (Å²) in [6, 6.07) is 0. The predicted molar refractivity (Wildman–Crippen MR) is 62.3 cm³/mol. The number of fused-ring (bicyclic) bond motifs is 9. The van der Waals surface area contributed by atoms with E-state index in [0.717, 1.165) is 23.7 Å². The molecule has 0 N–H and O–H groups in total. The average molecular weight is 202 g/mol. The minimum atomic E-state index is 0.973. The van der Waals surface area contributed by atoms with Crippen LogP contribution in [0, 0.1) is 41.4 Å². The van der Waals surface area contributed by atoms with Crippen molar-refractivity contribution in [3.8, 4) is 0 Å². The maximum absolute atomic E-state index is 2.52. The molecule has 0 spiro atoms. The van der Waals surface area contributed by atoms with Gasteiger partial charge in [-0.05, 0) is 80.5 Å². The summed E-state index contributed by atoms with van der Waals surface area (Å²) in [6.45, 7) is 2.20. The first-order chi connectivity index (χ1) is 7.38. The van der Waals surface area contributed by atoms with Crippen molar-refractivity contribution in [2.45, 2.75) is 39.0 Å². The van der Waals surface area contributed by atoms with E-state index >= 15 is 0 Å². The highest BCUT2D eigenvalue weighted by Crippen LogP contribution is 2.68. The van der Waals surface area contributed by atoms with E-state index in [1.807, 2.05) is 0 Å². The summed E-state index contributed by atoms with van der Waals surface area (Å²) >= 11 is 0. The van der Waals surface area contributed by atoms with Crippen LogP contribution in [0.5, 0.6) is 0 Å².